The number of amides is 1. The van der Waals surface area contributed by atoms with E-state index in [9.17, 15) is 9.18 Å². The Bertz CT molecular complexity index is 490. The van der Waals surface area contributed by atoms with E-state index in [-0.39, 0.29) is 18.1 Å². The summed E-state index contributed by atoms with van der Waals surface area (Å²) in [6, 6.07) is 5.59. The van der Waals surface area contributed by atoms with E-state index in [1.165, 1.54) is 17.0 Å². The van der Waals surface area contributed by atoms with Gasteiger partial charge in [-0.2, -0.15) is 5.26 Å². The maximum Gasteiger partial charge on any atom is 0.255 e. The molecule has 1 unspecified atom stereocenters. The lowest BCUT2D eigenvalue weighted by Crippen LogP contribution is -2.48. The van der Waals surface area contributed by atoms with E-state index in [2.05, 4.69) is 0 Å². The van der Waals surface area contributed by atoms with Gasteiger partial charge in [0.15, 0.2) is 0 Å². The Labute approximate surface area is 105 Å². The average molecular weight is 248 g/mol. The predicted molar refractivity (Wildman–Crippen MR) is 62.4 cm³/mol. The van der Waals surface area contributed by atoms with Crippen LogP contribution < -0.4 is 0 Å². The van der Waals surface area contributed by atoms with Gasteiger partial charge in [0.2, 0.25) is 0 Å². The number of hydrogen-bond donors (Lipinski definition) is 0. The van der Waals surface area contributed by atoms with E-state index in [1.54, 1.807) is 13.0 Å². The molecule has 1 fully saturated rings. The minimum atomic E-state index is -0.602. The van der Waals surface area contributed by atoms with Crippen molar-refractivity contribution in [1.82, 2.24) is 4.90 Å². The van der Waals surface area contributed by atoms with Gasteiger partial charge >= 0.3 is 0 Å². The van der Waals surface area contributed by atoms with E-state index in [0.717, 1.165) is 0 Å². The molecule has 0 N–H and O–H groups in total. The van der Waals surface area contributed by atoms with Crippen LogP contribution in [0.4, 0.5) is 4.39 Å². The van der Waals surface area contributed by atoms with E-state index in [4.69, 9.17) is 10.00 Å². The lowest BCUT2D eigenvalue weighted by molar-refractivity contribution is 0.0132. The standard InChI is InChI=1S/C13H13FN2O2/c1-9-4-10(6-11(14)5-9)13(17)16-2-3-18-8-12(16)7-15/h4-6,12H,2-3,8H2,1H3. The third kappa shape index (κ3) is 2.49. The molecule has 4 nitrogen and oxygen atoms in total. The van der Waals surface area contributed by atoms with E-state index < -0.39 is 11.9 Å². The van der Waals surface area contributed by atoms with Crippen LogP contribution in [0.15, 0.2) is 18.2 Å². The number of nitrogens with zero attached hydrogens (tertiary/aromatic N) is 2. The van der Waals surface area contributed by atoms with Gasteiger partial charge in [-0.05, 0) is 30.7 Å². The normalized spacial score (nSPS) is 19.4. The largest absolute Gasteiger partial charge is 0.376 e. The van der Waals surface area contributed by atoms with Gasteiger partial charge in [-0.3, -0.25) is 4.79 Å². The summed E-state index contributed by atoms with van der Waals surface area (Å²) in [5.41, 5.74) is 0.953. The van der Waals surface area contributed by atoms with E-state index >= 15 is 0 Å². The van der Waals surface area contributed by atoms with Crippen molar-refractivity contribution in [2.45, 2.75) is 13.0 Å². The monoisotopic (exact) mass is 248 g/mol. The lowest BCUT2D eigenvalue weighted by Gasteiger charge is -2.31. The van der Waals surface area contributed by atoms with Crippen LogP contribution in [0, 0.1) is 24.1 Å². The molecule has 1 aliphatic heterocycles. The Kier molecular flexibility index (Phi) is 3.58. The Hall–Kier alpha value is -1.93. The minimum Gasteiger partial charge on any atom is -0.376 e. The van der Waals surface area contributed by atoms with Crippen molar-refractivity contribution in [2.75, 3.05) is 19.8 Å². The summed E-state index contributed by atoms with van der Waals surface area (Å²) in [6.07, 6.45) is 0. The van der Waals surface area contributed by atoms with Gasteiger partial charge in [0.1, 0.15) is 11.9 Å². The molecule has 0 aliphatic carbocycles. The number of benzene rings is 1. The Morgan fingerprint density at radius 2 is 2.33 bits per heavy atom. The van der Waals surface area contributed by atoms with Gasteiger partial charge in [0.05, 0.1) is 19.3 Å². The number of rotatable bonds is 1. The molecule has 1 aliphatic rings. The molecule has 5 heteroatoms. The van der Waals surface area contributed by atoms with Crippen molar-refractivity contribution < 1.29 is 13.9 Å². The van der Waals surface area contributed by atoms with Crippen LogP contribution in [-0.4, -0.2) is 36.6 Å². The molecular weight excluding hydrogens is 235 g/mol. The molecule has 2 rings (SSSR count). The molecule has 1 aromatic carbocycles. The van der Waals surface area contributed by atoms with Crippen LogP contribution in [0.25, 0.3) is 0 Å². The minimum absolute atomic E-state index is 0.205. The van der Waals surface area contributed by atoms with Crippen LogP contribution in [0.2, 0.25) is 0 Å². The summed E-state index contributed by atoms with van der Waals surface area (Å²) in [6.45, 7) is 2.68. The molecular formula is C13H13FN2O2. The number of morpholine rings is 1. The SMILES string of the molecule is Cc1cc(F)cc(C(=O)N2CCOCC2C#N)c1. The van der Waals surface area contributed by atoms with Crippen molar-refractivity contribution in [1.29, 1.82) is 5.26 Å². The number of nitriles is 1. The Balaban J connectivity index is 2.27. The third-order valence-electron chi connectivity index (χ3n) is 2.83. The molecule has 0 saturated carbocycles. The van der Waals surface area contributed by atoms with E-state index in [1.807, 2.05) is 6.07 Å². The summed E-state index contributed by atoms with van der Waals surface area (Å²) in [4.78, 5) is 13.7. The fourth-order valence-electron chi connectivity index (χ4n) is 1.98. The fraction of sp³-hybridized carbons (Fsp3) is 0.385. The highest BCUT2D eigenvalue weighted by Gasteiger charge is 2.28. The highest BCUT2D eigenvalue weighted by atomic mass is 19.1. The summed E-state index contributed by atoms with van der Waals surface area (Å²) in [5.74, 6) is -0.771. The van der Waals surface area contributed by atoms with Gasteiger partial charge in [-0.1, -0.05) is 0 Å². The number of carbonyl (C=O) groups excluding carboxylic acids is 1. The first-order valence-electron chi connectivity index (χ1n) is 5.67. The summed E-state index contributed by atoms with van der Waals surface area (Å²) in [7, 11) is 0. The number of ether oxygens (including phenoxy) is 1. The molecule has 1 amide bonds. The molecule has 1 heterocycles. The second-order valence-corrected chi connectivity index (χ2v) is 4.24. The zero-order valence-electron chi connectivity index (χ0n) is 10.0. The molecule has 0 aromatic heterocycles. The summed E-state index contributed by atoms with van der Waals surface area (Å²) in [5, 5.41) is 8.97. The lowest BCUT2D eigenvalue weighted by atomic mass is 10.1. The van der Waals surface area contributed by atoms with Crippen LogP contribution in [0.1, 0.15) is 15.9 Å². The highest BCUT2D eigenvalue weighted by Crippen LogP contribution is 2.15. The zero-order valence-corrected chi connectivity index (χ0v) is 10.0. The molecule has 94 valence electrons. The van der Waals surface area contributed by atoms with Crippen LogP contribution >= 0.6 is 0 Å². The van der Waals surface area contributed by atoms with Crippen molar-refractivity contribution in [3.63, 3.8) is 0 Å². The van der Waals surface area contributed by atoms with Crippen molar-refractivity contribution >= 4 is 5.91 Å². The Morgan fingerprint density at radius 3 is 3.00 bits per heavy atom. The van der Waals surface area contributed by atoms with Crippen LogP contribution in [0.5, 0.6) is 0 Å². The number of hydrogen-bond acceptors (Lipinski definition) is 3. The molecule has 1 atom stereocenters. The van der Waals surface area contributed by atoms with Gasteiger partial charge in [0.25, 0.3) is 5.91 Å². The molecule has 0 bridgehead atoms. The molecule has 1 aromatic rings. The van der Waals surface area contributed by atoms with Gasteiger partial charge in [-0.25, -0.2) is 4.39 Å². The average Bonchev–Trinajstić information content (AvgIpc) is 2.36. The number of aryl methyl sites for hydroxylation is 1. The van der Waals surface area contributed by atoms with E-state index in [0.29, 0.717) is 18.7 Å². The molecule has 18 heavy (non-hydrogen) atoms. The van der Waals surface area contributed by atoms with Crippen molar-refractivity contribution in [3.05, 3.63) is 35.1 Å². The second-order valence-electron chi connectivity index (χ2n) is 4.24. The predicted octanol–water partition coefficient (Wildman–Crippen LogP) is 1.50. The van der Waals surface area contributed by atoms with Gasteiger partial charge in [-0.15, -0.1) is 0 Å². The first-order valence-corrected chi connectivity index (χ1v) is 5.67. The summed E-state index contributed by atoms with van der Waals surface area (Å²) >= 11 is 0. The van der Waals surface area contributed by atoms with Gasteiger partial charge < -0.3 is 9.64 Å². The molecule has 1 saturated heterocycles. The zero-order chi connectivity index (χ0) is 13.1. The maximum atomic E-state index is 13.3. The quantitative estimate of drug-likeness (QED) is 0.756. The van der Waals surface area contributed by atoms with Crippen molar-refractivity contribution in [3.8, 4) is 6.07 Å². The third-order valence-corrected chi connectivity index (χ3v) is 2.83. The smallest absolute Gasteiger partial charge is 0.255 e. The maximum absolute atomic E-state index is 13.3. The fourth-order valence-corrected chi connectivity index (χ4v) is 1.98. The van der Waals surface area contributed by atoms with Crippen LogP contribution in [0.3, 0.4) is 0 Å². The first-order chi connectivity index (χ1) is 8.61. The van der Waals surface area contributed by atoms with Gasteiger partial charge in [0, 0.05) is 12.1 Å². The molecule has 0 radical (unpaired) electrons. The Morgan fingerprint density at radius 1 is 1.56 bits per heavy atom. The summed E-state index contributed by atoms with van der Waals surface area (Å²) < 4.78 is 18.4. The van der Waals surface area contributed by atoms with Crippen LogP contribution in [-0.2, 0) is 4.74 Å². The first kappa shape index (κ1) is 12.5. The van der Waals surface area contributed by atoms with Crippen molar-refractivity contribution in [2.24, 2.45) is 0 Å². The topological polar surface area (TPSA) is 53.3 Å². The highest BCUT2D eigenvalue weighted by molar-refractivity contribution is 5.94. The second kappa shape index (κ2) is 5.15. The molecule has 0 spiro atoms. The number of carbonyl (C=O) groups is 1. The number of halogens is 1.